The summed E-state index contributed by atoms with van der Waals surface area (Å²) in [5.74, 6) is 1.16. The summed E-state index contributed by atoms with van der Waals surface area (Å²) in [4.78, 5) is 18.7. The number of pyridine rings is 1. The Kier molecular flexibility index (Phi) is 3.61. The van der Waals surface area contributed by atoms with Crippen LogP contribution >= 0.6 is 0 Å². The van der Waals surface area contributed by atoms with Gasteiger partial charge in [0.1, 0.15) is 5.82 Å². The average molecular weight is 419 g/mol. The van der Waals surface area contributed by atoms with Gasteiger partial charge in [-0.15, -0.1) is 0 Å². The van der Waals surface area contributed by atoms with Crippen LogP contribution in [0.1, 0.15) is 44.1 Å². The third-order valence-corrected chi connectivity index (χ3v) is 7.77. The summed E-state index contributed by atoms with van der Waals surface area (Å²) >= 11 is 0. The van der Waals surface area contributed by atoms with Crippen LogP contribution in [0.5, 0.6) is 0 Å². The fourth-order valence-corrected chi connectivity index (χ4v) is 5.43. The smallest absolute Gasteiger partial charge is 0.232 e. The molecule has 1 aliphatic heterocycles. The molecule has 6 nitrogen and oxygen atoms in total. The zero-order chi connectivity index (χ0) is 21.5. The lowest BCUT2D eigenvalue weighted by Gasteiger charge is -2.16. The number of hydrogen-bond donors (Lipinski definition) is 0. The summed E-state index contributed by atoms with van der Waals surface area (Å²) in [7, 11) is 0. The standard InChI is InChI=1S/C24H24FN4O2/c1-14-4-5-17(11-18(14)25)29-13-16(10-20(29)30)22-26-21(27-31-22)15-6-8-28(9-7-15)24-12-19(24)23(24,2)3/h4-9,11,16,19H,10,12-13H2,1-3H3/q+1. The van der Waals surface area contributed by atoms with E-state index in [1.165, 1.54) is 12.5 Å². The van der Waals surface area contributed by atoms with Gasteiger partial charge >= 0.3 is 0 Å². The van der Waals surface area contributed by atoms with Crippen molar-refractivity contribution >= 4 is 11.6 Å². The van der Waals surface area contributed by atoms with E-state index >= 15 is 0 Å². The first-order valence-electron chi connectivity index (χ1n) is 10.7. The molecule has 3 unspecified atom stereocenters. The Morgan fingerprint density at radius 2 is 1.97 bits per heavy atom. The van der Waals surface area contributed by atoms with E-state index in [4.69, 9.17) is 4.52 Å². The van der Waals surface area contributed by atoms with Crippen molar-refractivity contribution in [1.29, 1.82) is 0 Å². The van der Waals surface area contributed by atoms with Crippen LogP contribution in [0.25, 0.3) is 11.4 Å². The molecule has 3 aliphatic rings. The van der Waals surface area contributed by atoms with Gasteiger partial charge in [0.15, 0.2) is 17.9 Å². The molecule has 3 fully saturated rings. The number of amides is 1. The minimum Gasteiger partial charge on any atom is -0.339 e. The van der Waals surface area contributed by atoms with Gasteiger partial charge in [-0.05, 0) is 24.6 Å². The zero-order valence-electron chi connectivity index (χ0n) is 17.8. The Morgan fingerprint density at radius 1 is 1.23 bits per heavy atom. The Hall–Kier alpha value is -3.09. The lowest BCUT2D eigenvalue weighted by molar-refractivity contribution is -0.730. The Labute approximate surface area is 179 Å². The first kappa shape index (κ1) is 18.7. The molecule has 0 radical (unpaired) electrons. The third kappa shape index (κ3) is 2.55. The molecule has 2 aliphatic carbocycles. The van der Waals surface area contributed by atoms with Crippen LogP contribution in [0.15, 0.2) is 47.2 Å². The molecular weight excluding hydrogens is 395 g/mol. The molecule has 158 valence electrons. The molecule has 0 N–H and O–H groups in total. The number of nitrogens with zero attached hydrogens (tertiary/aromatic N) is 4. The fourth-order valence-electron chi connectivity index (χ4n) is 5.43. The van der Waals surface area contributed by atoms with Crippen molar-refractivity contribution in [2.75, 3.05) is 11.4 Å². The second-order valence-electron chi connectivity index (χ2n) is 9.69. The van der Waals surface area contributed by atoms with Crippen molar-refractivity contribution in [3.8, 4) is 11.4 Å². The molecule has 0 spiro atoms. The predicted molar refractivity (Wildman–Crippen MR) is 111 cm³/mol. The largest absolute Gasteiger partial charge is 0.339 e. The van der Waals surface area contributed by atoms with E-state index in [1.54, 1.807) is 24.0 Å². The number of carbonyl (C=O) groups excluding carboxylic acids is 1. The molecule has 31 heavy (non-hydrogen) atoms. The van der Waals surface area contributed by atoms with Crippen molar-refractivity contribution in [2.45, 2.75) is 45.1 Å². The van der Waals surface area contributed by atoms with Crippen LogP contribution in [0.3, 0.4) is 0 Å². The highest BCUT2D eigenvalue weighted by molar-refractivity contribution is 5.96. The SMILES string of the molecule is Cc1ccc(N2CC(c3nc(-c4cc[n+](C56CC5C6(C)C)cc4)no3)CC2=O)cc1F. The maximum Gasteiger partial charge on any atom is 0.232 e. The maximum absolute atomic E-state index is 13.9. The molecule has 3 atom stereocenters. The molecule has 7 heteroatoms. The number of hydrogen-bond acceptors (Lipinski definition) is 4. The summed E-state index contributed by atoms with van der Waals surface area (Å²) in [6, 6.07) is 8.90. The fraction of sp³-hybridized carbons (Fsp3) is 0.417. The van der Waals surface area contributed by atoms with Crippen LogP contribution in [-0.2, 0) is 10.3 Å². The van der Waals surface area contributed by atoms with Gasteiger partial charge in [-0.2, -0.15) is 9.55 Å². The van der Waals surface area contributed by atoms with Crippen LogP contribution in [0.4, 0.5) is 10.1 Å². The zero-order valence-corrected chi connectivity index (χ0v) is 17.8. The minimum absolute atomic E-state index is 0.0703. The Morgan fingerprint density at radius 3 is 2.61 bits per heavy atom. The van der Waals surface area contributed by atoms with Gasteiger partial charge in [0.05, 0.1) is 5.92 Å². The van der Waals surface area contributed by atoms with Gasteiger partial charge in [-0.1, -0.05) is 25.1 Å². The van der Waals surface area contributed by atoms with Crippen molar-refractivity contribution in [2.24, 2.45) is 11.3 Å². The topological polar surface area (TPSA) is 63.1 Å². The molecule has 1 amide bonds. The highest BCUT2D eigenvalue weighted by atomic mass is 19.1. The van der Waals surface area contributed by atoms with Crippen molar-refractivity contribution in [3.05, 3.63) is 60.0 Å². The van der Waals surface area contributed by atoms with Gasteiger partial charge in [0.2, 0.25) is 17.6 Å². The number of anilines is 1. The monoisotopic (exact) mass is 419 g/mol. The number of benzene rings is 1. The molecule has 3 aromatic rings. The Balaban J connectivity index is 1.20. The lowest BCUT2D eigenvalue weighted by Crippen LogP contribution is -2.44. The number of fused-ring (bicyclic) bond motifs is 1. The van der Waals surface area contributed by atoms with Crippen molar-refractivity contribution < 1.29 is 18.3 Å². The number of aromatic nitrogens is 3. The van der Waals surface area contributed by atoms with Gasteiger partial charge in [0, 0.05) is 54.1 Å². The number of rotatable bonds is 4. The average Bonchev–Trinajstić information content (AvgIpc) is 3.43. The van der Waals surface area contributed by atoms with Crippen LogP contribution < -0.4 is 9.47 Å². The van der Waals surface area contributed by atoms with E-state index in [-0.39, 0.29) is 24.1 Å². The molecule has 2 saturated carbocycles. The minimum atomic E-state index is -0.318. The first-order valence-corrected chi connectivity index (χ1v) is 10.7. The molecule has 6 rings (SSSR count). The van der Waals surface area contributed by atoms with E-state index in [2.05, 4.69) is 40.9 Å². The molecule has 0 bridgehead atoms. The number of halogens is 1. The van der Waals surface area contributed by atoms with Crippen LogP contribution in [0.2, 0.25) is 0 Å². The van der Waals surface area contributed by atoms with Crippen LogP contribution in [0, 0.1) is 24.1 Å². The van der Waals surface area contributed by atoms with E-state index in [1.807, 2.05) is 12.1 Å². The summed E-state index contributed by atoms with van der Waals surface area (Å²) in [6.45, 7) is 6.75. The highest BCUT2D eigenvalue weighted by Gasteiger charge is 2.92. The Bertz CT molecular complexity index is 1220. The highest BCUT2D eigenvalue weighted by Crippen LogP contribution is 2.82. The second kappa shape index (κ2) is 5.99. The number of aryl methyl sites for hydroxylation is 1. The molecular formula is C24H24FN4O2+. The lowest BCUT2D eigenvalue weighted by atomic mass is 9.97. The quantitative estimate of drug-likeness (QED) is 0.605. The molecule has 1 saturated heterocycles. The van der Waals surface area contributed by atoms with Gasteiger partial charge in [-0.25, -0.2) is 4.39 Å². The summed E-state index contributed by atoms with van der Waals surface area (Å²) < 4.78 is 21.8. The predicted octanol–water partition coefficient (Wildman–Crippen LogP) is 3.75. The van der Waals surface area contributed by atoms with Gasteiger partial charge in [0.25, 0.3) is 0 Å². The summed E-state index contributed by atoms with van der Waals surface area (Å²) in [6.07, 6.45) is 5.73. The molecule has 2 aromatic heterocycles. The maximum atomic E-state index is 13.9. The molecule has 3 heterocycles. The molecule has 1 aromatic carbocycles. The normalized spacial score (nSPS) is 28.0. The van der Waals surface area contributed by atoms with E-state index in [0.717, 1.165) is 11.5 Å². The second-order valence-corrected chi connectivity index (χ2v) is 9.69. The van der Waals surface area contributed by atoms with Crippen molar-refractivity contribution in [1.82, 2.24) is 10.1 Å². The van der Waals surface area contributed by atoms with Crippen molar-refractivity contribution in [3.63, 3.8) is 0 Å². The van der Waals surface area contributed by atoms with E-state index in [0.29, 0.717) is 40.5 Å². The van der Waals surface area contributed by atoms with Gasteiger partial charge in [-0.3, -0.25) is 4.79 Å². The summed E-state index contributed by atoms with van der Waals surface area (Å²) in [5.41, 5.74) is 2.69. The number of carbonyl (C=O) groups is 1. The third-order valence-electron chi connectivity index (χ3n) is 7.77. The van der Waals surface area contributed by atoms with Crippen LogP contribution in [-0.4, -0.2) is 22.6 Å². The van der Waals surface area contributed by atoms with E-state index < -0.39 is 0 Å². The van der Waals surface area contributed by atoms with E-state index in [9.17, 15) is 9.18 Å². The van der Waals surface area contributed by atoms with Gasteiger partial charge < -0.3 is 9.42 Å². The summed E-state index contributed by atoms with van der Waals surface area (Å²) in [5, 5.41) is 4.14. The first-order chi connectivity index (χ1) is 14.8.